The predicted molar refractivity (Wildman–Crippen MR) is 61.4 cm³/mol. The maximum atomic E-state index is 4.21. The van der Waals surface area contributed by atoms with E-state index in [0.29, 0.717) is 0 Å². The molecule has 0 bridgehead atoms. The number of hydrogen-bond donors (Lipinski definition) is 0. The van der Waals surface area contributed by atoms with Gasteiger partial charge in [-0.1, -0.05) is 22.9 Å². The van der Waals surface area contributed by atoms with E-state index < -0.39 is 0 Å². The Kier molecular flexibility index (Phi) is 5.71. The Morgan fingerprint density at radius 1 is 1.29 bits per heavy atom. The standard InChI is InChI=1S/C10H16BrN3/c1-2-7-14(8-4-11)9-10-12-5-3-6-13-10/h3,5-6H,2,4,7-9H2,1H3. The van der Waals surface area contributed by atoms with E-state index in [2.05, 4.69) is 37.7 Å². The van der Waals surface area contributed by atoms with E-state index in [1.165, 1.54) is 6.42 Å². The fourth-order valence-electron chi connectivity index (χ4n) is 1.32. The summed E-state index contributed by atoms with van der Waals surface area (Å²) in [5.41, 5.74) is 0. The number of alkyl halides is 1. The molecule has 3 nitrogen and oxygen atoms in total. The fraction of sp³-hybridized carbons (Fsp3) is 0.600. The van der Waals surface area contributed by atoms with Crippen LogP contribution in [0.15, 0.2) is 18.5 Å². The SMILES string of the molecule is CCCN(CCBr)Cc1ncccn1. The van der Waals surface area contributed by atoms with Gasteiger partial charge in [-0.25, -0.2) is 9.97 Å². The molecule has 1 aromatic rings. The molecule has 78 valence electrons. The van der Waals surface area contributed by atoms with Gasteiger partial charge >= 0.3 is 0 Å². The fourth-order valence-corrected chi connectivity index (χ4v) is 1.82. The van der Waals surface area contributed by atoms with Gasteiger partial charge in [-0.3, -0.25) is 4.90 Å². The minimum atomic E-state index is 0.848. The molecule has 0 spiro atoms. The normalized spacial score (nSPS) is 10.8. The van der Waals surface area contributed by atoms with E-state index in [0.717, 1.165) is 30.8 Å². The molecule has 0 atom stereocenters. The molecule has 1 rings (SSSR count). The zero-order valence-electron chi connectivity index (χ0n) is 8.49. The molecule has 0 aliphatic carbocycles. The molecule has 1 heterocycles. The molecular formula is C10H16BrN3. The van der Waals surface area contributed by atoms with E-state index in [9.17, 15) is 0 Å². The smallest absolute Gasteiger partial charge is 0.142 e. The topological polar surface area (TPSA) is 29.0 Å². The van der Waals surface area contributed by atoms with Crippen molar-refractivity contribution < 1.29 is 0 Å². The second-order valence-corrected chi connectivity index (χ2v) is 3.92. The average molecular weight is 258 g/mol. The lowest BCUT2D eigenvalue weighted by molar-refractivity contribution is 0.276. The summed E-state index contributed by atoms with van der Waals surface area (Å²) in [7, 11) is 0. The van der Waals surface area contributed by atoms with E-state index >= 15 is 0 Å². The van der Waals surface area contributed by atoms with Gasteiger partial charge in [0.2, 0.25) is 0 Å². The first-order valence-corrected chi connectivity index (χ1v) is 6.03. The monoisotopic (exact) mass is 257 g/mol. The molecule has 0 fully saturated rings. The molecule has 0 saturated heterocycles. The van der Waals surface area contributed by atoms with E-state index in [1.54, 1.807) is 12.4 Å². The van der Waals surface area contributed by atoms with Crippen LogP contribution >= 0.6 is 15.9 Å². The summed E-state index contributed by atoms with van der Waals surface area (Å²) in [5, 5.41) is 1.000. The van der Waals surface area contributed by atoms with Crippen LogP contribution in [0.5, 0.6) is 0 Å². The maximum Gasteiger partial charge on any atom is 0.142 e. The third kappa shape index (κ3) is 4.15. The summed E-state index contributed by atoms with van der Waals surface area (Å²) in [6.45, 7) is 5.18. The minimum absolute atomic E-state index is 0.848. The summed E-state index contributed by atoms with van der Waals surface area (Å²) in [4.78, 5) is 10.8. The Labute approximate surface area is 93.7 Å². The van der Waals surface area contributed by atoms with Crippen LogP contribution in [0.3, 0.4) is 0 Å². The number of hydrogen-bond acceptors (Lipinski definition) is 3. The van der Waals surface area contributed by atoms with E-state index in [1.807, 2.05) is 6.07 Å². The van der Waals surface area contributed by atoms with Crippen LogP contribution in [-0.2, 0) is 6.54 Å². The van der Waals surface area contributed by atoms with Gasteiger partial charge in [0.1, 0.15) is 5.82 Å². The van der Waals surface area contributed by atoms with Crippen molar-refractivity contribution in [3.8, 4) is 0 Å². The Morgan fingerprint density at radius 3 is 2.57 bits per heavy atom. The van der Waals surface area contributed by atoms with Crippen LogP contribution in [0.4, 0.5) is 0 Å². The molecule has 0 amide bonds. The molecule has 0 aromatic carbocycles. The predicted octanol–water partition coefficient (Wildman–Crippen LogP) is 2.08. The van der Waals surface area contributed by atoms with Crippen LogP contribution in [0.1, 0.15) is 19.2 Å². The van der Waals surface area contributed by atoms with Crippen molar-refractivity contribution in [2.24, 2.45) is 0 Å². The first-order valence-electron chi connectivity index (χ1n) is 4.91. The number of halogens is 1. The first-order chi connectivity index (χ1) is 6.86. The molecule has 0 aliphatic rings. The number of rotatable bonds is 6. The van der Waals surface area contributed by atoms with Gasteiger partial charge < -0.3 is 0 Å². The third-order valence-corrected chi connectivity index (χ3v) is 2.28. The van der Waals surface area contributed by atoms with Gasteiger partial charge in [-0.05, 0) is 19.0 Å². The van der Waals surface area contributed by atoms with Gasteiger partial charge in [-0.2, -0.15) is 0 Å². The largest absolute Gasteiger partial charge is 0.295 e. The lowest BCUT2D eigenvalue weighted by Gasteiger charge is -2.19. The van der Waals surface area contributed by atoms with Crippen molar-refractivity contribution in [2.75, 3.05) is 18.4 Å². The van der Waals surface area contributed by atoms with Crippen molar-refractivity contribution in [1.29, 1.82) is 0 Å². The molecule has 0 aliphatic heterocycles. The molecule has 0 radical (unpaired) electrons. The maximum absolute atomic E-state index is 4.21. The van der Waals surface area contributed by atoms with Crippen LogP contribution in [0.2, 0.25) is 0 Å². The number of aromatic nitrogens is 2. The second kappa shape index (κ2) is 6.90. The van der Waals surface area contributed by atoms with Crippen molar-refractivity contribution in [3.63, 3.8) is 0 Å². The Balaban J connectivity index is 2.46. The molecule has 4 heteroatoms. The van der Waals surface area contributed by atoms with E-state index in [4.69, 9.17) is 0 Å². The number of nitrogens with zero attached hydrogens (tertiary/aromatic N) is 3. The van der Waals surface area contributed by atoms with Gasteiger partial charge in [0.15, 0.2) is 0 Å². The highest BCUT2D eigenvalue weighted by molar-refractivity contribution is 9.09. The van der Waals surface area contributed by atoms with Crippen LogP contribution in [0.25, 0.3) is 0 Å². The van der Waals surface area contributed by atoms with Crippen LogP contribution in [0, 0.1) is 0 Å². The highest BCUT2D eigenvalue weighted by Crippen LogP contribution is 2.00. The first kappa shape index (κ1) is 11.6. The van der Waals surface area contributed by atoms with Gasteiger partial charge in [-0.15, -0.1) is 0 Å². The highest BCUT2D eigenvalue weighted by Gasteiger charge is 2.04. The Bertz CT molecular complexity index is 234. The molecule has 0 unspecified atom stereocenters. The molecule has 0 saturated carbocycles. The molecule has 0 N–H and O–H groups in total. The quantitative estimate of drug-likeness (QED) is 0.731. The minimum Gasteiger partial charge on any atom is -0.295 e. The van der Waals surface area contributed by atoms with Crippen molar-refractivity contribution in [2.45, 2.75) is 19.9 Å². The zero-order valence-corrected chi connectivity index (χ0v) is 10.1. The lowest BCUT2D eigenvalue weighted by Crippen LogP contribution is -2.27. The van der Waals surface area contributed by atoms with Crippen molar-refractivity contribution >= 4 is 15.9 Å². The van der Waals surface area contributed by atoms with Crippen molar-refractivity contribution in [1.82, 2.24) is 14.9 Å². The Hall–Kier alpha value is -0.480. The zero-order chi connectivity index (χ0) is 10.2. The summed E-state index contributed by atoms with van der Waals surface area (Å²) in [6.07, 6.45) is 4.75. The molecular weight excluding hydrogens is 242 g/mol. The lowest BCUT2D eigenvalue weighted by atomic mass is 10.4. The summed E-state index contributed by atoms with van der Waals surface area (Å²) >= 11 is 3.45. The van der Waals surface area contributed by atoms with Gasteiger partial charge in [0, 0.05) is 24.3 Å². The third-order valence-electron chi connectivity index (χ3n) is 1.92. The van der Waals surface area contributed by atoms with Crippen molar-refractivity contribution in [3.05, 3.63) is 24.3 Å². The summed E-state index contributed by atoms with van der Waals surface area (Å²) < 4.78 is 0. The van der Waals surface area contributed by atoms with Crippen LogP contribution in [-0.4, -0.2) is 33.3 Å². The highest BCUT2D eigenvalue weighted by atomic mass is 79.9. The van der Waals surface area contributed by atoms with Gasteiger partial charge in [0.05, 0.1) is 6.54 Å². The molecule has 14 heavy (non-hydrogen) atoms. The molecule has 1 aromatic heterocycles. The second-order valence-electron chi connectivity index (χ2n) is 3.13. The summed E-state index contributed by atoms with van der Waals surface area (Å²) in [5.74, 6) is 0.905. The summed E-state index contributed by atoms with van der Waals surface area (Å²) in [6, 6.07) is 1.85. The Morgan fingerprint density at radius 2 is 2.00 bits per heavy atom. The van der Waals surface area contributed by atoms with E-state index in [-0.39, 0.29) is 0 Å². The average Bonchev–Trinajstić information content (AvgIpc) is 2.20. The van der Waals surface area contributed by atoms with Gasteiger partial charge in [0.25, 0.3) is 0 Å². The van der Waals surface area contributed by atoms with Crippen LogP contribution < -0.4 is 0 Å².